The van der Waals surface area contributed by atoms with E-state index in [9.17, 15) is 13.2 Å². The minimum Gasteiger partial charge on any atom is -0.409 e. The van der Waals surface area contributed by atoms with Crippen LogP contribution in [0.5, 0.6) is 0 Å². The molecular formula is C13H16F3N3O2. The van der Waals surface area contributed by atoms with E-state index >= 15 is 0 Å². The quantitative estimate of drug-likeness (QED) is 0.388. The van der Waals surface area contributed by atoms with E-state index < -0.39 is 11.7 Å². The Kier molecular flexibility index (Phi) is 4.26. The van der Waals surface area contributed by atoms with Gasteiger partial charge in [0, 0.05) is 24.9 Å². The fourth-order valence-electron chi connectivity index (χ4n) is 2.30. The maximum Gasteiger partial charge on any atom is 0.416 e. The lowest BCUT2D eigenvalue weighted by Gasteiger charge is -2.28. The summed E-state index contributed by atoms with van der Waals surface area (Å²) in [7, 11) is 1.75. The number of amidine groups is 1. The van der Waals surface area contributed by atoms with Crippen molar-refractivity contribution in [1.82, 2.24) is 0 Å². The van der Waals surface area contributed by atoms with Gasteiger partial charge in [0.15, 0.2) is 5.84 Å². The number of rotatable bonds is 3. The van der Waals surface area contributed by atoms with Crippen LogP contribution in [0.2, 0.25) is 0 Å². The molecule has 0 amide bonds. The average Bonchev–Trinajstić information content (AvgIpc) is 2.98. The molecule has 1 unspecified atom stereocenters. The molecule has 0 aromatic heterocycles. The molecule has 0 spiro atoms. The lowest BCUT2D eigenvalue weighted by molar-refractivity contribution is -0.137. The van der Waals surface area contributed by atoms with Crippen LogP contribution in [0.1, 0.15) is 17.5 Å². The van der Waals surface area contributed by atoms with Crippen LogP contribution in [0, 0.1) is 0 Å². The number of anilines is 1. The lowest BCUT2D eigenvalue weighted by Crippen LogP contribution is -2.34. The normalized spacial score (nSPS) is 19.8. The first kappa shape index (κ1) is 15.4. The summed E-state index contributed by atoms with van der Waals surface area (Å²) < 4.78 is 43.6. The first-order valence-corrected chi connectivity index (χ1v) is 6.34. The zero-order valence-corrected chi connectivity index (χ0v) is 11.4. The molecule has 21 heavy (non-hydrogen) atoms. The molecule has 2 rings (SSSR count). The first-order chi connectivity index (χ1) is 9.84. The van der Waals surface area contributed by atoms with E-state index in [0.29, 0.717) is 18.9 Å². The molecule has 1 heterocycles. The number of nitrogens with zero attached hydrogens (tertiary/aromatic N) is 2. The van der Waals surface area contributed by atoms with Crippen LogP contribution in [0.3, 0.4) is 0 Å². The zero-order valence-electron chi connectivity index (χ0n) is 11.4. The molecule has 1 aromatic rings. The molecule has 3 N–H and O–H groups in total. The van der Waals surface area contributed by atoms with Gasteiger partial charge in [0.25, 0.3) is 0 Å². The van der Waals surface area contributed by atoms with Crippen LogP contribution in [-0.4, -0.2) is 37.3 Å². The van der Waals surface area contributed by atoms with Gasteiger partial charge in [-0.3, -0.25) is 0 Å². The van der Waals surface area contributed by atoms with E-state index in [-0.39, 0.29) is 17.4 Å². The maximum atomic E-state index is 12.8. The second-order valence-corrected chi connectivity index (χ2v) is 4.84. The van der Waals surface area contributed by atoms with Crippen molar-refractivity contribution in [1.29, 1.82) is 0 Å². The van der Waals surface area contributed by atoms with Crippen LogP contribution in [-0.2, 0) is 10.9 Å². The largest absolute Gasteiger partial charge is 0.416 e. The molecule has 1 atom stereocenters. The monoisotopic (exact) mass is 303 g/mol. The molecule has 1 aliphatic heterocycles. The Hall–Kier alpha value is -1.96. The van der Waals surface area contributed by atoms with Crippen molar-refractivity contribution < 1.29 is 23.1 Å². The third-order valence-corrected chi connectivity index (χ3v) is 3.54. The Morgan fingerprint density at radius 3 is 2.71 bits per heavy atom. The summed E-state index contributed by atoms with van der Waals surface area (Å²) in [6, 6.07) is 3.24. The van der Waals surface area contributed by atoms with Crippen molar-refractivity contribution in [3.8, 4) is 0 Å². The summed E-state index contributed by atoms with van der Waals surface area (Å²) in [5, 5.41) is 11.6. The number of hydrogen-bond donors (Lipinski definition) is 2. The van der Waals surface area contributed by atoms with Crippen LogP contribution >= 0.6 is 0 Å². The van der Waals surface area contributed by atoms with Crippen molar-refractivity contribution in [2.75, 3.05) is 25.2 Å². The molecule has 1 saturated heterocycles. The van der Waals surface area contributed by atoms with Gasteiger partial charge in [-0.25, -0.2) is 0 Å². The molecule has 0 radical (unpaired) electrons. The predicted octanol–water partition coefficient (Wildman–Crippen LogP) is 2.02. The Labute approximate surface area is 119 Å². The third-order valence-electron chi connectivity index (χ3n) is 3.54. The molecule has 116 valence electrons. The van der Waals surface area contributed by atoms with Gasteiger partial charge in [-0.15, -0.1) is 0 Å². The number of alkyl halides is 3. The minimum atomic E-state index is -4.49. The Balaban J connectivity index is 2.44. The van der Waals surface area contributed by atoms with Crippen molar-refractivity contribution in [2.45, 2.75) is 18.6 Å². The van der Waals surface area contributed by atoms with Gasteiger partial charge < -0.3 is 20.6 Å². The summed E-state index contributed by atoms with van der Waals surface area (Å²) in [6.07, 6.45) is -3.72. The Morgan fingerprint density at radius 1 is 1.48 bits per heavy atom. The van der Waals surface area contributed by atoms with E-state index in [1.165, 1.54) is 6.07 Å². The van der Waals surface area contributed by atoms with Crippen LogP contribution < -0.4 is 10.6 Å². The number of hydrogen-bond acceptors (Lipinski definition) is 4. The molecule has 0 bridgehead atoms. The standard InChI is InChI=1S/C13H16F3N3O2/c1-19(9-4-5-21-7-9)11-3-2-8(13(14,15)16)6-10(11)12(17)18-20/h2-3,6,9,20H,4-5,7H2,1H3,(H2,17,18). The molecule has 8 heteroatoms. The lowest BCUT2D eigenvalue weighted by atomic mass is 10.0. The molecule has 5 nitrogen and oxygen atoms in total. The third kappa shape index (κ3) is 3.21. The van der Waals surface area contributed by atoms with E-state index in [4.69, 9.17) is 15.7 Å². The highest BCUT2D eigenvalue weighted by Crippen LogP contribution is 2.33. The molecule has 0 saturated carbocycles. The topological polar surface area (TPSA) is 71.1 Å². The first-order valence-electron chi connectivity index (χ1n) is 6.34. The van der Waals surface area contributed by atoms with Gasteiger partial charge in [-0.2, -0.15) is 13.2 Å². The fourth-order valence-corrected chi connectivity index (χ4v) is 2.30. The number of nitrogens with two attached hydrogens (primary N) is 1. The molecule has 0 aliphatic carbocycles. The Bertz CT molecular complexity index is 540. The van der Waals surface area contributed by atoms with E-state index in [1.54, 1.807) is 11.9 Å². The van der Waals surface area contributed by atoms with E-state index in [1.807, 2.05) is 0 Å². The second-order valence-electron chi connectivity index (χ2n) is 4.84. The number of oxime groups is 1. The van der Waals surface area contributed by atoms with Crippen molar-refractivity contribution >= 4 is 11.5 Å². The van der Waals surface area contributed by atoms with Crippen LogP contribution in [0.25, 0.3) is 0 Å². The minimum absolute atomic E-state index is 0.0433. The molecular weight excluding hydrogens is 287 g/mol. The number of halogens is 3. The molecule has 1 aliphatic rings. The van der Waals surface area contributed by atoms with Crippen molar-refractivity contribution in [3.05, 3.63) is 29.3 Å². The van der Waals surface area contributed by atoms with Gasteiger partial charge in [0.1, 0.15) is 0 Å². The van der Waals surface area contributed by atoms with Crippen LogP contribution in [0.15, 0.2) is 23.4 Å². The SMILES string of the molecule is CN(c1ccc(C(F)(F)F)cc1/C(N)=N/O)C1CCOC1. The van der Waals surface area contributed by atoms with Gasteiger partial charge in [0.2, 0.25) is 0 Å². The van der Waals surface area contributed by atoms with E-state index in [2.05, 4.69) is 5.16 Å². The van der Waals surface area contributed by atoms with Gasteiger partial charge in [-0.1, -0.05) is 5.16 Å². The van der Waals surface area contributed by atoms with E-state index in [0.717, 1.165) is 18.6 Å². The summed E-state index contributed by atoms with van der Waals surface area (Å²) in [5.41, 5.74) is 5.18. The zero-order chi connectivity index (χ0) is 15.6. The number of likely N-dealkylation sites (N-methyl/N-ethyl adjacent to an activating group) is 1. The van der Waals surface area contributed by atoms with Gasteiger partial charge in [0.05, 0.1) is 18.2 Å². The highest BCUT2D eigenvalue weighted by molar-refractivity contribution is 6.02. The summed E-state index contributed by atoms with van der Waals surface area (Å²) >= 11 is 0. The molecule has 1 aromatic carbocycles. The summed E-state index contributed by atoms with van der Waals surface area (Å²) in [6.45, 7) is 1.10. The highest BCUT2D eigenvalue weighted by atomic mass is 19.4. The summed E-state index contributed by atoms with van der Waals surface area (Å²) in [5.74, 6) is -0.359. The number of ether oxygens (including phenoxy) is 1. The summed E-state index contributed by atoms with van der Waals surface area (Å²) in [4.78, 5) is 1.79. The van der Waals surface area contributed by atoms with Crippen LogP contribution in [0.4, 0.5) is 18.9 Å². The average molecular weight is 303 g/mol. The number of benzene rings is 1. The fraction of sp³-hybridized carbons (Fsp3) is 0.462. The van der Waals surface area contributed by atoms with Crippen molar-refractivity contribution in [2.24, 2.45) is 10.9 Å². The molecule has 1 fully saturated rings. The smallest absolute Gasteiger partial charge is 0.409 e. The Morgan fingerprint density at radius 2 is 2.19 bits per heavy atom. The van der Waals surface area contributed by atoms with Crippen molar-refractivity contribution in [3.63, 3.8) is 0 Å². The second kappa shape index (κ2) is 5.80. The van der Waals surface area contributed by atoms with Gasteiger partial charge in [-0.05, 0) is 24.6 Å². The van der Waals surface area contributed by atoms with Gasteiger partial charge >= 0.3 is 6.18 Å². The highest BCUT2D eigenvalue weighted by Gasteiger charge is 2.32. The maximum absolute atomic E-state index is 12.8. The predicted molar refractivity (Wildman–Crippen MR) is 71.6 cm³/mol.